The van der Waals surface area contributed by atoms with E-state index in [-0.39, 0.29) is 57.6 Å². The minimum atomic E-state index is -2.07. The number of nitrogens with two attached hydrogens (primary N) is 1. The summed E-state index contributed by atoms with van der Waals surface area (Å²) in [6.07, 6.45) is -2.94. The second-order valence-corrected chi connectivity index (χ2v) is 4.16. The molecule has 24 heavy (non-hydrogen) atoms. The quantitative estimate of drug-likeness (QED) is 0.325. The van der Waals surface area contributed by atoms with Gasteiger partial charge in [0.05, 0.1) is 5.97 Å². The van der Waals surface area contributed by atoms with Crippen LogP contribution in [-0.2, 0) is 36.2 Å². The predicted molar refractivity (Wildman–Crippen MR) is 59.8 cm³/mol. The number of rotatable bonds is 10. The molecule has 1 atom stereocenters. The van der Waals surface area contributed by atoms with Crippen molar-refractivity contribution in [2.45, 2.75) is 30.8 Å². The van der Waals surface area contributed by atoms with Crippen LogP contribution in [0.15, 0.2) is 0 Å². The van der Waals surface area contributed by atoms with Crippen LogP contribution in [0, 0.1) is 0 Å². The second-order valence-electron chi connectivity index (χ2n) is 4.16. The van der Waals surface area contributed by atoms with E-state index in [0.717, 1.165) is 0 Å². The van der Waals surface area contributed by atoms with Crippen LogP contribution in [0.4, 0.5) is 0 Å². The summed E-state index contributed by atoms with van der Waals surface area (Å²) in [6.45, 7) is -0.929. The fraction of sp³-hybridized carbons (Fsp3) is 0.600. The molecular formula is C10H16FeN2NaO10. The minimum absolute atomic E-state index is 0. The van der Waals surface area contributed by atoms with Crippen LogP contribution >= 0.6 is 0 Å². The van der Waals surface area contributed by atoms with Crippen LogP contribution < -0.4 is 61.0 Å². The zero-order valence-electron chi connectivity index (χ0n) is 12.6. The van der Waals surface area contributed by atoms with Crippen molar-refractivity contribution in [3.63, 3.8) is 0 Å². The Hall–Kier alpha value is -0.761. The van der Waals surface area contributed by atoms with Crippen LogP contribution in [0.3, 0.4) is 0 Å². The molecule has 7 N–H and O–H groups in total. The van der Waals surface area contributed by atoms with E-state index < -0.39 is 61.3 Å². The monoisotopic (exact) mass is 403 g/mol. The molecule has 135 valence electrons. The van der Waals surface area contributed by atoms with Crippen molar-refractivity contribution >= 4 is 23.9 Å². The molecule has 0 amide bonds. The zero-order valence-corrected chi connectivity index (χ0v) is 15.7. The summed E-state index contributed by atoms with van der Waals surface area (Å²) in [6, 6.07) is -1.55. The SMILES string of the molecule is NC(CC(=O)[O-])C(CC(=O)[O-])(CC(=O)[O-])NCC(=O)[O-].O.O.[Fe+3].[Na+]. The second kappa shape index (κ2) is 15.7. The Labute approximate surface area is 169 Å². The first-order chi connectivity index (χ1) is 9.09. The van der Waals surface area contributed by atoms with Gasteiger partial charge in [0, 0.05) is 55.3 Å². The Bertz CT molecular complexity index is 406. The van der Waals surface area contributed by atoms with Crippen LogP contribution in [-0.4, -0.2) is 53.0 Å². The zero-order chi connectivity index (χ0) is 15.9. The number of hydrogen-bond acceptors (Lipinski definition) is 10. The molecule has 0 fully saturated rings. The van der Waals surface area contributed by atoms with Crippen LogP contribution in [0.2, 0.25) is 0 Å². The third-order valence-corrected chi connectivity index (χ3v) is 2.60. The molecule has 0 spiro atoms. The smallest absolute Gasteiger partial charge is 0.550 e. The van der Waals surface area contributed by atoms with E-state index in [1.54, 1.807) is 0 Å². The molecule has 1 radical (unpaired) electrons. The fourth-order valence-electron chi connectivity index (χ4n) is 1.72. The molecule has 0 bridgehead atoms. The van der Waals surface area contributed by atoms with Crippen LogP contribution in [0.25, 0.3) is 0 Å². The van der Waals surface area contributed by atoms with E-state index in [2.05, 4.69) is 5.32 Å². The van der Waals surface area contributed by atoms with Crippen molar-refractivity contribution in [1.82, 2.24) is 5.32 Å². The van der Waals surface area contributed by atoms with Gasteiger partial charge in [-0.1, -0.05) is 0 Å². The number of carbonyl (C=O) groups excluding carboxylic acids is 4. The standard InChI is InChI=1S/C10H16N2O8.Fe.Na.2H2O/c11-5(1-6(13)14)10(2-7(15)16,3-8(17)18)12-4-9(19)20;;;;/h5,12H,1-4,11H2,(H,13,14)(H,15,16)(H,17,18)(H,19,20);;;2*1H2/q;+3;+1;;/p-4. The van der Waals surface area contributed by atoms with Gasteiger partial charge < -0.3 is 61.6 Å². The Morgan fingerprint density at radius 2 is 1.25 bits per heavy atom. The van der Waals surface area contributed by atoms with Gasteiger partial charge in [-0.05, 0) is 0 Å². The van der Waals surface area contributed by atoms with Crippen molar-refractivity contribution in [3.05, 3.63) is 0 Å². The topological polar surface area (TPSA) is 262 Å². The maximum Gasteiger partial charge on any atom is 3.00 e. The van der Waals surface area contributed by atoms with Crippen molar-refractivity contribution in [2.24, 2.45) is 5.73 Å². The largest absolute Gasteiger partial charge is 3.00 e. The van der Waals surface area contributed by atoms with Crippen LogP contribution in [0.5, 0.6) is 0 Å². The summed E-state index contributed by atoms with van der Waals surface area (Å²) in [5.41, 5.74) is 3.39. The molecule has 1 unspecified atom stereocenters. The van der Waals surface area contributed by atoms with E-state index in [0.29, 0.717) is 0 Å². The van der Waals surface area contributed by atoms with Crippen molar-refractivity contribution < 1.29 is 97.2 Å². The molecule has 0 aliphatic rings. The minimum Gasteiger partial charge on any atom is -0.550 e. The molecule has 0 saturated heterocycles. The van der Waals surface area contributed by atoms with E-state index >= 15 is 0 Å². The van der Waals surface area contributed by atoms with E-state index in [4.69, 9.17) is 5.73 Å². The third-order valence-electron chi connectivity index (χ3n) is 2.60. The van der Waals surface area contributed by atoms with Gasteiger partial charge in [0.2, 0.25) is 0 Å². The predicted octanol–water partition coefficient (Wildman–Crippen LogP) is -11.8. The van der Waals surface area contributed by atoms with Gasteiger partial charge in [0.15, 0.2) is 0 Å². The normalized spacial score (nSPS) is 10.5. The summed E-state index contributed by atoms with van der Waals surface area (Å²) in [5.74, 6) is -6.81. The Balaban J connectivity index is -0.000000301. The summed E-state index contributed by atoms with van der Waals surface area (Å²) in [4.78, 5) is 42.3. The summed E-state index contributed by atoms with van der Waals surface area (Å²) in [5, 5.41) is 44.3. The van der Waals surface area contributed by atoms with Gasteiger partial charge in [-0.15, -0.1) is 0 Å². The number of carboxylic acids is 4. The van der Waals surface area contributed by atoms with E-state index in [9.17, 15) is 39.6 Å². The van der Waals surface area contributed by atoms with E-state index in [1.165, 1.54) is 0 Å². The third kappa shape index (κ3) is 13.7. The maximum atomic E-state index is 10.7. The van der Waals surface area contributed by atoms with Gasteiger partial charge in [0.25, 0.3) is 0 Å². The number of carbonyl (C=O) groups is 4. The van der Waals surface area contributed by atoms with Crippen molar-refractivity contribution in [1.29, 1.82) is 0 Å². The number of carboxylic acid groups (broad SMARTS) is 4. The summed E-state index contributed by atoms with van der Waals surface area (Å²) in [7, 11) is 0. The molecule has 0 aromatic rings. The Kier molecular flexibility index (Phi) is 22.7. The summed E-state index contributed by atoms with van der Waals surface area (Å²) >= 11 is 0. The molecule has 12 nitrogen and oxygen atoms in total. The van der Waals surface area contributed by atoms with Crippen LogP contribution in [0.1, 0.15) is 19.3 Å². The first-order valence-corrected chi connectivity index (χ1v) is 5.39. The number of hydrogen-bond donors (Lipinski definition) is 2. The Morgan fingerprint density at radius 3 is 1.50 bits per heavy atom. The molecule has 0 aromatic carbocycles. The van der Waals surface area contributed by atoms with Gasteiger partial charge in [-0.25, -0.2) is 0 Å². The molecule has 0 aromatic heterocycles. The molecule has 0 aliphatic carbocycles. The van der Waals surface area contributed by atoms with Gasteiger partial charge in [-0.3, -0.25) is 0 Å². The average molecular weight is 403 g/mol. The van der Waals surface area contributed by atoms with Gasteiger partial charge in [0.1, 0.15) is 0 Å². The number of aliphatic carboxylic acids is 4. The first kappa shape index (κ1) is 34.6. The Morgan fingerprint density at radius 1 is 0.875 bits per heavy atom. The molecule has 14 heteroatoms. The summed E-state index contributed by atoms with van der Waals surface area (Å²) < 4.78 is 0. The van der Waals surface area contributed by atoms with Gasteiger partial charge >= 0.3 is 46.6 Å². The molecule has 0 rings (SSSR count). The number of nitrogens with one attached hydrogen (secondary N) is 1. The molecule has 0 heterocycles. The average Bonchev–Trinajstić information content (AvgIpc) is 2.23. The van der Waals surface area contributed by atoms with Crippen molar-refractivity contribution in [3.8, 4) is 0 Å². The molecule has 0 aliphatic heterocycles. The first-order valence-electron chi connectivity index (χ1n) is 5.39. The maximum absolute atomic E-state index is 10.7. The molecular weight excluding hydrogens is 387 g/mol. The van der Waals surface area contributed by atoms with E-state index in [1.807, 2.05) is 0 Å². The molecule has 0 saturated carbocycles. The fourth-order valence-corrected chi connectivity index (χ4v) is 1.72. The van der Waals surface area contributed by atoms with Crippen molar-refractivity contribution in [2.75, 3.05) is 6.54 Å². The van der Waals surface area contributed by atoms with Gasteiger partial charge in [-0.2, -0.15) is 0 Å².